The van der Waals surface area contributed by atoms with Gasteiger partial charge in [0.05, 0.1) is 13.6 Å². The Kier molecular flexibility index (Phi) is 6.85. The molecule has 1 aliphatic rings. The molecule has 30 heavy (non-hydrogen) atoms. The quantitative estimate of drug-likeness (QED) is 0.631. The number of methoxy groups -OCH3 is 1. The molecule has 3 rings (SSSR count). The summed E-state index contributed by atoms with van der Waals surface area (Å²) in [5.74, 6) is -0.843. The number of carbonyl (C=O) groups is 1. The van der Waals surface area contributed by atoms with Gasteiger partial charge in [-0.2, -0.15) is 9.36 Å². The summed E-state index contributed by atoms with van der Waals surface area (Å²) in [7, 11) is 1.43. The fourth-order valence-corrected chi connectivity index (χ4v) is 3.98. The zero-order valence-corrected chi connectivity index (χ0v) is 17.6. The highest BCUT2D eigenvalue weighted by Crippen LogP contribution is 2.29. The Morgan fingerprint density at radius 2 is 2.13 bits per heavy atom. The lowest BCUT2D eigenvalue weighted by Crippen LogP contribution is -2.54. The first-order chi connectivity index (χ1) is 14.8. The second-order valence-electron chi connectivity index (χ2n) is 7.51. The Balaban J connectivity index is 1.71. The first-order valence-electron chi connectivity index (χ1n) is 10.7. The Labute approximate surface area is 176 Å². The van der Waals surface area contributed by atoms with Crippen LogP contribution in [0.25, 0.3) is 0 Å². The highest BCUT2D eigenvalue weighted by molar-refractivity contribution is 5.95. The van der Waals surface area contributed by atoms with Gasteiger partial charge in [0, 0.05) is 39.3 Å². The van der Waals surface area contributed by atoms with E-state index in [9.17, 15) is 14.0 Å². The number of tetrazole rings is 1. The molecule has 1 fully saturated rings. The van der Waals surface area contributed by atoms with Gasteiger partial charge in [0.25, 0.3) is 5.91 Å². The van der Waals surface area contributed by atoms with Crippen molar-refractivity contribution in [2.24, 2.45) is 5.92 Å². The van der Waals surface area contributed by atoms with Crippen LogP contribution in [0.3, 0.4) is 0 Å². The van der Waals surface area contributed by atoms with Crippen molar-refractivity contribution in [3.05, 3.63) is 40.5 Å². The third-order valence-corrected chi connectivity index (χ3v) is 5.49. The molecule has 0 saturated carbocycles. The lowest BCUT2D eigenvalue weighted by Gasteiger charge is -2.42. The largest absolute Gasteiger partial charge is 0.375 e. The van der Waals surface area contributed by atoms with Crippen molar-refractivity contribution in [1.29, 1.82) is 0 Å². The minimum Gasteiger partial charge on any atom is -0.375 e. The van der Waals surface area contributed by atoms with Crippen molar-refractivity contribution in [2.45, 2.75) is 39.4 Å². The number of aromatic nitrogens is 4. The Morgan fingerprint density at radius 3 is 2.77 bits per heavy atom. The number of para-hydroxylation sites is 1. The highest BCUT2D eigenvalue weighted by Gasteiger charge is 2.35. The van der Waals surface area contributed by atoms with Gasteiger partial charge in [-0.1, -0.05) is 19.0 Å². The lowest BCUT2D eigenvalue weighted by molar-refractivity contribution is -0.123. The molecule has 10 heteroatoms. The molecule has 0 spiro atoms. The Morgan fingerprint density at radius 1 is 1.37 bits per heavy atom. The number of aryl methyl sites for hydroxylation is 1. The smallest absolute Gasteiger partial charge is 0.363 e. The van der Waals surface area contributed by atoms with Crippen molar-refractivity contribution in [3.63, 3.8) is 0 Å². The lowest BCUT2D eigenvalue weighted by atomic mass is 9.91. The SMILES string of the molecule is [3H]c1ccc(N(C(=O)COC)[C@@H]2CCN(CCn3nnn(CC)c3=O)C[C@@H]2C)c(F)c1. The molecular weight excluding hydrogens is 391 g/mol. The van der Waals surface area contributed by atoms with Gasteiger partial charge in [-0.15, -0.1) is 0 Å². The van der Waals surface area contributed by atoms with E-state index in [4.69, 9.17) is 6.11 Å². The molecule has 2 aromatic rings. The number of halogens is 1. The summed E-state index contributed by atoms with van der Waals surface area (Å²) in [4.78, 5) is 28.6. The molecule has 164 valence electrons. The number of rotatable bonds is 8. The van der Waals surface area contributed by atoms with E-state index in [0.29, 0.717) is 39.1 Å². The van der Waals surface area contributed by atoms with Gasteiger partial charge in [0.1, 0.15) is 12.4 Å². The van der Waals surface area contributed by atoms with Crippen LogP contribution in [0.2, 0.25) is 0 Å². The third-order valence-electron chi connectivity index (χ3n) is 5.49. The van der Waals surface area contributed by atoms with Gasteiger partial charge in [-0.25, -0.2) is 9.18 Å². The average Bonchev–Trinajstić information content (AvgIpc) is 3.09. The third kappa shape index (κ3) is 4.76. The molecule has 1 aliphatic heterocycles. The fraction of sp³-hybridized carbons (Fsp3) is 0.600. The molecule has 1 aromatic carbocycles. The standard InChI is InChI=1S/C20H29FN6O3/c1-4-25-20(29)26(23-22-25)12-11-24-10-9-17(15(2)13-24)27(19(28)14-30-3)18-8-6-5-7-16(18)21/h5-8,15,17H,4,9-14H2,1-3H3/t15-,17+/m0/s1/i5T. The van der Waals surface area contributed by atoms with E-state index < -0.39 is 5.82 Å². The minimum absolute atomic E-state index is 0.0542. The van der Waals surface area contributed by atoms with Crippen LogP contribution in [0.4, 0.5) is 10.1 Å². The first kappa shape index (κ1) is 20.7. The molecule has 0 radical (unpaired) electrons. The number of hydrogen-bond donors (Lipinski definition) is 0. The van der Waals surface area contributed by atoms with Crippen LogP contribution in [0, 0.1) is 11.7 Å². The van der Waals surface area contributed by atoms with Crippen molar-refractivity contribution in [2.75, 3.05) is 38.3 Å². The second-order valence-corrected chi connectivity index (χ2v) is 7.51. The molecule has 2 heterocycles. The summed E-state index contributed by atoms with van der Waals surface area (Å²) in [5.41, 5.74) is -0.0545. The molecule has 1 amide bonds. The number of amides is 1. The van der Waals surface area contributed by atoms with E-state index in [1.165, 1.54) is 33.5 Å². The predicted octanol–water partition coefficient (Wildman–Crippen LogP) is 0.989. The maximum absolute atomic E-state index is 14.6. The number of likely N-dealkylation sites (tertiary alicyclic amines) is 1. The zero-order chi connectivity index (χ0) is 22.5. The molecule has 0 N–H and O–H groups in total. The monoisotopic (exact) mass is 422 g/mol. The molecular formula is C20H29FN6O3. The molecule has 0 bridgehead atoms. The van der Waals surface area contributed by atoms with Crippen molar-refractivity contribution < 1.29 is 15.3 Å². The van der Waals surface area contributed by atoms with Crippen LogP contribution in [-0.2, 0) is 22.6 Å². The van der Waals surface area contributed by atoms with E-state index in [1.807, 2.05) is 13.8 Å². The van der Waals surface area contributed by atoms with Crippen LogP contribution in [0.15, 0.2) is 29.0 Å². The summed E-state index contributed by atoms with van der Waals surface area (Å²) >= 11 is 0. The summed E-state index contributed by atoms with van der Waals surface area (Å²) in [6.07, 6.45) is 0.648. The van der Waals surface area contributed by atoms with Gasteiger partial charge < -0.3 is 14.5 Å². The zero-order valence-electron chi connectivity index (χ0n) is 18.6. The van der Waals surface area contributed by atoms with Gasteiger partial charge in [-0.05, 0) is 41.8 Å². The maximum Gasteiger partial charge on any atom is 0.363 e. The van der Waals surface area contributed by atoms with E-state index >= 15 is 0 Å². The van der Waals surface area contributed by atoms with Gasteiger partial charge in [0.15, 0.2) is 0 Å². The molecule has 9 nitrogen and oxygen atoms in total. The van der Waals surface area contributed by atoms with Gasteiger partial charge in [-0.3, -0.25) is 4.79 Å². The number of ether oxygens (including phenoxy) is 1. The van der Waals surface area contributed by atoms with E-state index in [0.717, 1.165) is 6.07 Å². The van der Waals surface area contributed by atoms with Crippen LogP contribution >= 0.6 is 0 Å². The average molecular weight is 422 g/mol. The van der Waals surface area contributed by atoms with Crippen LogP contribution in [0.1, 0.15) is 21.6 Å². The highest BCUT2D eigenvalue weighted by atomic mass is 19.1. The van der Waals surface area contributed by atoms with E-state index in [1.54, 1.807) is 0 Å². The molecule has 1 aromatic heterocycles. The fourth-order valence-electron chi connectivity index (χ4n) is 3.98. The van der Waals surface area contributed by atoms with Crippen LogP contribution < -0.4 is 10.6 Å². The molecule has 2 atom stereocenters. The summed E-state index contributed by atoms with van der Waals surface area (Å²) in [6, 6.07) is 3.93. The number of hydrogen-bond acceptors (Lipinski definition) is 6. The summed E-state index contributed by atoms with van der Waals surface area (Å²) in [6.45, 7) is 6.64. The van der Waals surface area contributed by atoms with E-state index in [2.05, 4.69) is 15.3 Å². The topological polar surface area (TPSA) is 85.5 Å². The number of benzene rings is 1. The molecule has 0 unspecified atom stereocenters. The van der Waals surface area contributed by atoms with Crippen molar-refractivity contribution in [1.82, 2.24) is 24.7 Å². The van der Waals surface area contributed by atoms with Gasteiger partial charge in [0.2, 0.25) is 0 Å². The molecule has 0 aliphatic carbocycles. The predicted molar refractivity (Wildman–Crippen MR) is 110 cm³/mol. The van der Waals surface area contributed by atoms with Crippen LogP contribution in [-0.4, -0.2) is 70.0 Å². The number of anilines is 1. The summed E-state index contributed by atoms with van der Waals surface area (Å²) in [5, 5.41) is 7.73. The maximum atomic E-state index is 14.6. The number of nitrogens with zero attached hydrogens (tertiary/aromatic N) is 6. The summed E-state index contributed by atoms with van der Waals surface area (Å²) < 4.78 is 29.9. The van der Waals surface area contributed by atoms with Crippen LogP contribution in [0.5, 0.6) is 0 Å². The Bertz CT molecular complexity index is 965. The van der Waals surface area contributed by atoms with Crippen molar-refractivity contribution >= 4 is 11.6 Å². The minimum atomic E-state index is -0.593. The van der Waals surface area contributed by atoms with Gasteiger partial charge >= 0.3 is 5.69 Å². The van der Waals surface area contributed by atoms with E-state index in [-0.39, 0.29) is 41.9 Å². The number of piperidine rings is 1. The first-order valence-corrected chi connectivity index (χ1v) is 10.2. The molecule has 1 saturated heterocycles. The Hall–Kier alpha value is -2.59. The second kappa shape index (κ2) is 9.94. The van der Waals surface area contributed by atoms with Crippen molar-refractivity contribution in [3.8, 4) is 0 Å². The number of carbonyl (C=O) groups excluding carboxylic acids is 1. The normalized spacial score (nSPS) is 20.2.